The lowest BCUT2D eigenvalue weighted by atomic mass is 10.2. The third-order valence-corrected chi connectivity index (χ3v) is 0.717. The van der Waals surface area contributed by atoms with Crippen LogP contribution in [0.25, 0.3) is 0 Å². The molecule has 0 atom stereocenters. The molecular weight excluding hydrogens is 124 g/mol. The van der Waals surface area contributed by atoms with Crippen molar-refractivity contribution in [2.24, 2.45) is 0 Å². The molecule has 0 spiro atoms. The molecule has 0 bridgehead atoms. The average molecular weight is 130 g/mol. The molecule has 0 aliphatic heterocycles. The van der Waals surface area contributed by atoms with Crippen molar-refractivity contribution in [1.29, 1.82) is 0 Å². The fourth-order valence-corrected chi connectivity index (χ4v) is 0.268. The van der Waals surface area contributed by atoms with Gasteiger partial charge in [-0.1, -0.05) is 0 Å². The summed E-state index contributed by atoms with van der Waals surface area (Å²) in [6.45, 7) is 0.0916. The molecule has 0 heterocycles. The molecule has 0 amide bonds. The highest BCUT2D eigenvalue weighted by atomic mass is 16.3. The Bertz CT molecular complexity index is 158. The zero-order chi connectivity index (χ0) is 7.44. The first-order valence-electron chi connectivity index (χ1n) is 2.28. The lowest BCUT2D eigenvalue weighted by Crippen LogP contribution is -2.23. The second kappa shape index (κ2) is 3.09. The summed E-state index contributed by atoms with van der Waals surface area (Å²) in [5.41, 5.74) is 0. The molecule has 1 N–H and O–H groups in total. The van der Waals surface area contributed by atoms with Gasteiger partial charge >= 0.3 is 0 Å². The van der Waals surface area contributed by atoms with Crippen LogP contribution in [0.2, 0.25) is 0 Å². The predicted octanol–water partition coefficient (Wildman–Crippen LogP) is -1.29. The molecule has 0 aromatic carbocycles. The van der Waals surface area contributed by atoms with Gasteiger partial charge < -0.3 is 5.11 Å². The van der Waals surface area contributed by atoms with Crippen molar-refractivity contribution >= 4 is 17.3 Å². The molecular formula is C5H6O4. The third-order valence-electron chi connectivity index (χ3n) is 0.717. The topological polar surface area (TPSA) is 71.4 Å². The number of aliphatic hydroxyl groups is 1. The van der Waals surface area contributed by atoms with E-state index < -0.39 is 24.0 Å². The van der Waals surface area contributed by atoms with E-state index in [0.29, 0.717) is 0 Å². The molecule has 0 aromatic heterocycles. The number of ketones is 3. The standard InChI is InChI=1S/C5H6O4/c1-3(7)5(9)4(8)2-6/h6H,2H2,1H3. The van der Waals surface area contributed by atoms with E-state index in [2.05, 4.69) is 0 Å². The number of carbonyl (C=O) groups excluding carboxylic acids is 3. The van der Waals surface area contributed by atoms with Crippen LogP contribution in [0.15, 0.2) is 0 Å². The minimum atomic E-state index is -1.14. The molecule has 0 unspecified atom stereocenters. The molecule has 0 rings (SSSR count). The van der Waals surface area contributed by atoms with Crippen LogP contribution in [-0.2, 0) is 14.4 Å². The summed E-state index contributed by atoms with van der Waals surface area (Å²) in [5, 5.41) is 8.03. The molecule has 0 saturated carbocycles. The van der Waals surface area contributed by atoms with Gasteiger partial charge in [-0.05, 0) is 0 Å². The summed E-state index contributed by atoms with van der Waals surface area (Å²) in [4.78, 5) is 30.4. The van der Waals surface area contributed by atoms with Crippen LogP contribution < -0.4 is 0 Å². The second-order valence-electron chi connectivity index (χ2n) is 1.47. The average Bonchev–Trinajstić information content (AvgIpc) is 1.84. The zero-order valence-corrected chi connectivity index (χ0v) is 4.88. The Hall–Kier alpha value is -1.03. The highest BCUT2D eigenvalue weighted by Crippen LogP contribution is 1.76. The molecule has 9 heavy (non-hydrogen) atoms. The minimum absolute atomic E-state index is 0.839. The van der Waals surface area contributed by atoms with E-state index in [1.807, 2.05) is 0 Å². The van der Waals surface area contributed by atoms with E-state index in [0.717, 1.165) is 6.92 Å². The maximum atomic E-state index is 10.2. The van der Waals surface area contributed by atoms with Crippen molar-refractivity contribution in [3.8, 4) is 0 Å². The van der Waals surface area contributed by atoms with Crippen LogP contribution in [0.5, 0.6) is 0 Å². The third kappa shape index (κ3) is 2.14. The van der Waals surface area contributed by atoms with E-state index in [4.69, 9.17) is 5.11 Å². The zero-order valence-electron chi connectivity index (χ0n) is 4.88. The monoisotopic (exact) mass is 130 g/mol. The SMILES string of the molecule is CC(=O)C(=O)C(=O)CO. The maximum absolute atomic E-state index is 10.2. The summed E-state index contributed by atoms with van der Waals surface area (Å²) in [6.07, 6.45) is 0. The number of hydrogen-bond donors (Lipinski definition) is 1. The van der Waals surface area contributed by atoms with Gasteiger partial charge in [0.25, 0.3) is 5.78 Å². The molecule has 0 aromatic rings. The van der Waals surface area contributed by atoms with Gasteiger partial charge in [-0.2, -0.15) is 0 Å². The molecule has 0 saturated heterocycles. The highest BCUT2D eigenvalue weighted by molar-refractivity contribution is 6.63. The van der Waals surface area contributed by atoms with Gasteiger partial charge in [0, 0.05) is 6.92 Å². The Morgan fingerprint density at radius 1 is 1.33 bits per heavy atom. The van der Waals surface area contributed by atoms with Gasteiger partial charge in [-0.3, -0.25) is 14.4 Å². The van der Waals surface area contributed by atoms with Crippen molar-refractivity contribution < 1.29 is 19.5 Å². The van der Waals surface area contributed by atoms with Gasteiger partial charge in [0.15, 0.2) is 0 Å². The molecule has 0 aliphatic carbocycles. The van der Waals surface area contributed by atoms with E-state index in [1.165, 1.54) is 0 Å². The highest BCUT2D eigenvalue weighted by Gasteiger charge is 2.16. The van der Waals surface area contributed by atoms with Crippen molar-refractivity contribution in [2.75, 3.05) is 6.61 Å². The number of carbonyl (C=O) groups is 3. The molecule has 0 aliphatic rings. The molecule has 0 fully saturated rings. The van der Waals surface area contributed by atoms with Gasteiger partial charge in [0.2, 0.25) is 11.6 Å². The minimum Gasteiger partial charge on any atom is -0.388 e. The van der Waals surface area contributed by atoms with E-state index >= 15 is 0 Å². The molecule has 4 heteroatoms. The first-order valence-corrected chi connectivity index (χ1v) is 2.28. The summed E-state index contributed by atoms with van der Waals surface area (Å²) in [6, 6.07) is 0. The largest absolute Gasteiger partial charge is 0.388 e. The Morgan fingerprint density at radius 3 is 1.89 bits per heavy atom. The fourth-order valence-electron chi connectivity index (χ4n) is 0.268. The number of rotatable bonds is 3. The Balaban J connectivity index is 4.05. The normalized spacial score (nSPS) is 8.67. The molecule has 4 nitrogen and oxygen atoms in total. The van der Waals surface area contributed by atoms with Crippen molar-refractivity contribution in [1.82, 2.24) is 0 Å². The van der Waals surface area contributed by atoms with E-state index in [9.17, 15) is 14.4 Å². The summed E-state index contributed by atoms with van der Waals surface area (Å²) in [5.74, 6) is -3.03. The molecule has 50 valence electrons. The van der Waals surface area contributed by atoms with Gasteiger partial charge in [-0.15, -0.1) is 0 Å². The second-order valence-corrected chi connectivity index (χ2v) is 1.47. The smallest absolute Gasteiger partial charge is 0.266 e. The number of aliphatic hydroxyl groups excluding tert-OH is 1. The lowest BCUT2D eigenvalue weighted by molar-refractivity contribution is -0.144. The van der Waals surface area contributed by atoms with Crippen molar-refractivity contribution in [3.63, 3.8) is 0 Å². The van der Waals surface area contributed by atoms with Crippen LogP contribution >= 0.6 is 0 Å². The fraction of sp³-hybridized carbons (Fsp3) is 0.400. The summed E-state index contributed by atoms with van der Waals surface area (Å²) in [7, 11) is 0. The Labute approximate surface area is 51.5 Å². The molecule has 0 radical (unpaired) electrons. The van der Waals surface area contributed by atoms with Gasteiger partial charge in [-0.25, -0.2) is 0 Å². The first kappa shape index (κ1) is 7.97. The van der Waals surface area contributed by atoms with Crippen LogP contribution in [0.1, 0.15) is 6.92 Å². The van der Waals surface area contributed by atoms with E-state index in [1.54, 1.807) is 0 Å². The van der Waals surface area contributed by atoms with Crippen molar-refractivity contribution in [3.05, 3.63) is 0 Å². The first-order chi connectivity index (χ1) is 4.09. The Morgan fingerprint density at radius 2 is 1.78 bits per heavy atom. The van der Waals surface area contributed by atoms with Crippen LogP contribution in [-0.4, -0.2) is 29.1 Å². The van der Waals surface area contributed by atoms with Gasteiger partial charge in [0.05, 0.1) is 0 Å². The number of hydrogen-bond acceptors (Lipinski definition) is 4. The quantitative estimate of drug-likeness (QED) is 0.381. The van der Waals surface area contributed by atoms with Crippen LogP contribution in [0.4, 0.5) is 0 Å². The summed E-state index contributed by atoms with van der Waals surface area (Å²) >= 11 is 0. The van der Waals surface area contributed by atoms with Crippen LogP contribution in [0.3, 0.4) is 0 Å². The predicted molar refractivity (Wildman–Crippen MR) is 27.8 cm³/mol. The Kier molecular flexibility index (Phi) is 2.73. The van der Waals surface area contributed by atoms with Crippen molar-refractivity contribution in [2.45, 2.75) is 6.92 Å². The number of Topliss-reactive ketones (excluding diaryl/α,β-unsaturated/α-hetero) is 3. The van der Waals surface area contributed by atoms with Crippen LogP contribution in [0, 0.1) is 0 Å². The van der Waals surface area contributed by atoms with Gasteiger partial charge in [0.1, 0.15) is 6.61 Å². The lowest BCUT2D eigenvalue weighted by Gasteiger charge is -1.86. The maximum Gasteiger partial charge on any atom is 0.266 e. The van der Waals surface area contributed by atoms with E-state index in [-0.39, 0.29) is 0 Å². The summed E-state index contributed by atoms with van der Waals surface area (Å²) < 4.78 is 0.